The van der Waals surface area contributed by atoms with Crippen molar-refractivity contribution in [2.24, 2.45) is 0 Å². The average Bonchev–Trinajstić information content (AvgIpc) is 2.96. The third-order valence-electron chi connectivity index (χ3n) is 5.88. The van der Waals surface area contributed by atoms with Crippen LogP contribution in [0.25, 0.3) is 0 Å². The summed E-state index contributed by atoms with van der Waals surface area (Å²) >= 11 is 0. The molecule has 1 atom stereocenters. The van der Waals surface area contributed by atoms with Gasteiger partial charge in [-0.1, -0.05) is 12.0 Å². The van der Waals surface area contributed by atoms with Gasteiger partial charge in [0, 0.05) is 6.07 Å². The minimum Gasteiger partial charge on any atom is -0.382 e. The molecule has 0 saturated carbocycles. The molecular formula is C25H16F8N4O. The van der Waals surface area contributed by atoms with E-state index in [0.29, 0.717) is 12.1 Å². The molecule has 2 heterocycles. The van der Waals surface area contributed by atoms with Gasteiger partial charge in [-0.2, -0.15) is 26.3 Å². The number of hydrogen-bond donors (Lipinski definition) is 1. The number of fused-ring (bicyclic) bond motifs is 1. The number of carbonyl (C=O) groups excluding carboxylic acids is 1. The highest BCUT2D eigenvalue weighted by molar-refractivity contribution is 6.00. The standard InChI is InChI=1S/C25H16F8N4O/c26-19-10-13-3-6-17(16-7-4-14(24(28,29)30)11-18(16)25(31,32)33)23(38)37(21(13)12-20(19)27)9-1-2-15-5-8-22(34)36-35-15/h4-5,7-8,10-12,17H,3,6,9H2,(H2,34,36). The maximum Gasteiger partial charge on any atom is 0.416 e. The molecule has 13 heteroatoms. The topological polar surface area (TPSA) is 72.1 Å². The first-order valence-corrected chi connectivity index (χ1v) is 10.9. The monoisotopic (exact) mass is 540 g/mol. The third-order valence-corrected chi connectivity index (χ3v) is 5.88. The average molecular weight is 540 g/mol. The number of alkyl halides is 6. The zero-order valence-electron chi connectivity index (χ0n) is 19.1. The number of nitrogen functional groups attached to an aromatic ring is 1. The van der Waals surface area contributed by atoms with E-state index >= 15 is 0 Å². The summed E-state index contributed by atoms with van der Waals surface area (Å²) < 4.78 is 109. The van der Waals surface area contributed by atoms with Crippen molar-refractivity contribution < 1.29 is 39.9 Å². The molecule has 38 heavy (non-hydrogen) atoms. The number of benzene rings is 2. The van der Waals surface area contributed by atoms with Crippen LogP contribution in [0.4, 0.5) is 46.6 Å². The lowest BCUT2D eigenvalue weighted by Crippen LogP contribution is -2.35. The predicted molar refractivity (Wildman–Crippen MR) is 120 cm³/mol. The quantitative estimate of drug-likeness (QED) is 0.345. The zero-order valence-corrected chi connectivity index (χ0v) is 19.1. The van der Waals surface area contributed by atoms with Gasteiger partial charge in [0.2, 0.25) is 5.91 Å². The predicted octanol–water partition coefficient (Wildman–Crippen LogP) is 5.49. The van der Waals surface area contributed by atoms with Gasteiger partial charge in [0.05, 0.1) is 29.3 Å². The molecule has 4 rings (SSSR count). The Morgan fingerprint density at radius 1 is 0.947 bits per heavy atom. The van der Waals surface area contributed by atoms with Crippen molar-refractivity contribution in [3.63, 3.8) is 0 Å². The zero-order chi connectivity index (χ0) is 27.8. The summed E-state index contributed by atoms with van der Waals surface area (Å²) in [6.07, 6.45) is -10.7. The number of halogens is 8. The molecule has 0 saturated heterocycles. The van der Waals surface area contributed by atoms with Crippen LogP contribution in [0.15, 0.2) is 42.5 Å². The lowest BCUT2D eigenvalue weighted by Gasteiger charge is -2.26. The fourth-order valence-electron chi connectivity index (χ4n) is 4.11. The van der Waals surface area contributed by atoms with Crippen molar-refractivity contribution in [2.75, 3.05) is 17.2 Å². The normalized spacial score (nSPS) is 15.9. The molecule has 0 radical (unpaired) electrons. The van der Waals surface area contributed by atoms with Crippen LogP contribution in [0.1, 0.15) is 40.3 Å². The summed E-state index contributed by atoms with van der Waals surface area (Å²) in [7, 11) is 0. The van der Waals surface area contributed by atoms with Gasteiger partial charge in [-0.3, -0.25) is 9.69 Å². The van der Waals surface area contributed by atoms with Crippen molar-refractivity contribution in [2.45, 2.75) is 31.1 Å². The van der Waals surface area contributed by atoms with Crippen molar-refractivity contribution in [1.29, 1.82) is 0 Å². The largest absolute Gasteiger partial charge is 0.416 e. The molecule has 5 nitrogen and oxygen atoms in total. The summed E-state index contributed by atoms with van der Waals surface area (Å²) in [5, 5.41) is 7.33. The number of amides is 1. The van der Waals surface area contributed by atoms with Gasteiger partial charge in [0.25, 0.3) is 0 Å². The highest BCUT2D eigenvalue weighted by Gasteiger charge is 2.42. The second-order valence-corrected chi connectivity index (χ2v) is 8.35. The minimum atomic E-state index is -5.22. The number of aromatic nitrogens is 2. The van der Waals surface area contributed by atoms with Gasteiger partial charge in [-0.15, -0.1) is 10.2 Å². The first-order valence-electron chi connectivity index (χ1n) is 10.9. The van der Waals surface area contributed by atoms with E-state index in [4.69, 9.17) is 5.73 Å². The van der Waals surface area contributed by atoms with Crippen LogP contribution in [0, 0.1) is 23.5 Å². The van der Waals surface area contributed by atoms with E-state index in [1.54, 1.807) is 0 Å². The van der Waals surface area contributed by atoms with Crippen molar-refractivity contribution in [3.05, 3.63) is 82.0 Å². The fourth-order valence-corrected chi connectivity index (χ4v) is 4.11. The summed E-state index contributed by atoms with van der Waals surface area (Å²) in [5.41, 5.74) is 1.75. The first-order chi connectivity index (χ1) is 17.8. The smallest absolute Gasteiger partial charge is 0.382 e. The Bertz CT molecular complexity index is 1440. The Labute approximate surface area is 210 Å². The molecule has 1 aliphatic heterocycles. The van der Waals surface area contributed by atoms with Crippen LogP contribution in [0.5, 0.6) is 0 Å². The molecule has 0 fully saturated rings. The highest BCUT2D eigenvalue weighted by Crippen LogP contribution is 2.43. The Balaban J connectivity index is 1.80. The van der Waals surface area contributed by atoms with Crippen LogP contribution in [0.2, 0.25) is 0 Å². The maximum atomic E-state index is 14.1. The lowest BCUT2D eigenvalue weighted by molar-refractivity contribution is -0.143. The van der Waals surface area contributed by atoms with Crippen LogP contribution in [-0.4, -0.2) is 22.6 Å². The van der Waals surface area contributed by atoms with Crippen molar-refractivity contribution >= 4 is 17.4 Å². The van der Waals surface area contributed by atoms with E-state index in [1.165, 1.54) is 12.1 Å². The third kappa shape index (κ3) is 5.53. The Kier molecular flexibility index (Phi) is 7.01. The number of anilines is 2. The van der Waals surface area contributed by atoms with E-state index in [2.05, 4.69) is 22.0 Å². The van der Waals surface area contributed by atoms with Gasteiger partial charge < -0.3 is 5.73 Å². The Morgan fingerprint density at radius 3 is 2.29 bits per heavy atom. The van der Waals surface area contributed by atoms with Crippen molar-refractivity contribution in [1.82, 2.24) is 10.2 Å². The van der Waals surface area contributed by atoms with Crippen molar-refractivity contribution in [3.8, 4) is 11.8 Å². The molecular weight excluding hydrogens is 524 g/mol. The first kappa shape index (κ1) is 26.8. The van der Waals surface area contributed by atoms with Gasteiger partial charge in [-0.25, -0.2) is 8.78 Å². The number of carbonyl (C=O) groups is 1. The second-order valence-electron chi connectivity index (χ2n) is 8.35. The SMILES string of the molecule is Nc1ccc(C#CCN2C(=O)C(c3ccc(C(F)(F)F)cc3C(F)(F)F)CCc3cc(F)c(F)cc32)nn1. The molecule has 2 aromatic carbocycles. The second kappa shape index (κ2) is 9.92. The molecule has 1 aromatic heterocycles. The maximum absolute atomic E-state index is 14.1. The lowest BCUT2D eigenvalue weighted by atomic mass is 9.88. The molecule has 0 aliphatic carbocycles. The number of nitrogens with two attached hydrogens (primary N) is 1. The van der Waals surface area contributed by atoms with E-state index in [1.807, 2.05) is 0 Å². The Morgan fingerprint density at radius 2 is 1.66 bits per heavy atom. The van der Waals surface area contributed by atoms with Gasteiger partial charge in [-0.05, 0) is 60.2 Å². The summed E-state index contributed by atoms with van der Waals surface area (Å²) in [5.74, 6) is 0.207. The van der Waals surface area contributed by atoms with Crippen LogP contribution < -0.4 is 10.6 Å². The van der Waals surface area contributed by atoms with Gasteiger partial charge in [0.15, 0.2) is 11.6 Å². The van der Waals surface area contributed by atoms with E-state index in [0.717, 1.165) is 17.0 Å². The molecule has 2 N–H and O–H groups in total. The fraction of sp³-hybridized carbons (Fsp3) is 0.240. The molecule has 0 bridgehead atoms. The molecule has 1 aliphatic rings. The number of rotatable bonds is 2. The Hall–Kier alpha value is -4.21. The van der Waals surface area contributed by atoms with Crippen LogP contribution >= 0.6 is 0 Å². The van der Waals surface area contributed by atoms with Gasteiger partial charge in [0.1, 0.15) is 11.5 Å². The molecule has 0 spiro atoms. The summed E-state index contributed by atoms with van der Waals surface area (Å²) in [6, 6.07) is 5.39. The summed E-state index contributed by atoms with van der Waals surface area (Å²) in [6.45, 7) is -0.471. The molecule has 1 amide bonds. The van der Waals surface area contributed by atoms with E-state index < -0.39 is 59.0 Å². The molecule has 3 aromatic rings. The number of hydrogen-bond acceptors (Lipinski definition) is 4. The van der Waals surface area contributed by atoms with E-state index in [-0.39, 0.29) is 41.7 Å². The minimum absolute atomic E-state index is 0.0517. The highest BCUT2D eigenvalue weighted by atomic mass is 19.4. The van der Waals surface area contributed by atoms with Crippen LogP contribution in [-0.2, 0) is 23.6 Å². The van der Waals surface area contributed by atoms with E-state index in [9.17, 15) is 39.9 Å². The molecule has 198 valence electrons. The number of aryl methyl sites for hydroxylation is 1. The summed E-state index contributed by atoms with van der Waals surface area (Å²) in [4.78, 5) is 14.4. The molecule has 1 unspecified atom stereocenters. The number of nitrogens with zero attached hydrogens (tertiary/aromatic N) is 3. The van der Waals surface area contributed by atoms with Crippen LogP contribution in [0.3, 0.4) is 0 Å². The van der Waals surface area contributed by atoms with Gasteiger partial charge >= 0.3 is 12.4 Å².